The van der Waals surface area contributed by atoms with Gasteiger partial charge in [0.1, 0.15) is 0 Å². The third kappa shape index (κ3) is 2.75. The summed E-state index contributed by atoms with van der Waals surface area (Å²) in [4.78, 5) is 16.1. The lowest BCUT2D eigenvalue weighted by Crippen LogP contribution is -2.21. The van der Waals surface area contributed by atoms with Gasteiger partial charge in [0, 0.05) is 24.2 Å². The van der Waals surface area contributed by atoms with Crippen LogP contribution in [0.15, 0.2) is 16.9 Å². The Morgan fingerprint density at radius 3 is 2.63 bits per heavy atom. The molecule has 1 aromatic rings. The van der Waals surface area contributed by atoms with Crippen LogP contribution in [0.4, 0.5) is 0 Å². The van der Waals surface area contributed by atoms with E-state index in [1.165, 1.54) is 0 Å². The maximum atomic E-state index is 11.8. The summed E-state index contributed by atoms with van der Waals surface area (Å²) < 4.78 is 6.94. The van der Waals surface area contributed by atoms with Gasteiger partial charge in [-0.2, -0.15) is 5.10 Å². The maximum absolute atomic E-state index is 11.8. The van der Waals surface area contributed by atoms with Gasteiger partial charge in [-0.05, 0) is 12.5 Å². The van der Waals surface area contributed by atoms with Crippen LogP contribution in [-0.4, -0.2) is 21.6 Å². The minimum atomic E-state index is -0.393. The number of nitrogens with zero attached hydrogens (tertiary/aromatic N) is 3. The molecule has 0 saturated carbocycles. The summed E-state index contributed by atoms with van der Waals surface area (Å²) in [5, 5.41) is 4.34. The lowest BCUT2D eigenvalue weighted by molar-refractivity contribution is -0.130. The Morgan fingerprint density at radius 1 is 1.42 bits per heavy atom. The van der Waals surface area contributed by atoms with Gasteiger partial charge in [-0.15, -0.1) is 0 Å². The number of hydrogen-bond acceptors (Lipinski definition) is 4. The van der Waals surface area contributed by atoms with Crippen LogP contribution >= 0.6 is 0 Å². The molecule has 5 heteroatoms. The van der Waals surface area contributed by atoms with Crippen molar-refractivity contribution in [3.8, 4) is 0 Å². The van der Waals surface area contributed by atoms with Gasteiger partial charge in [0.25, 0.3) is 0 Å². The quantitative estimate of drug-likeness (QED) is 0.606. The van der Waals surface area contributed by atoms with E-state index < -0.39 is 5.97 Å². The van der Waals surface area contributed by atoms with Gasteiger partial charge in [-0.3, -0.25) is 4.68 Å². The zero-order chi connectivity index (χ0) is 14.2. The van der Waals surface area contributed by atoms with Crippen molar-refractivity contribution in [2.45, 2.75) is 34.1 Å². The molecular formula is C14H19N3O2. The van der Waals surface area contributed by atoms with Gasteiger partial charge in [0.2, 0.25) is 5.90 Å². The molecule has 0 fully saturated rings. The monoisotopic (exact) mass is 261 g/mol. The van der Waals surface area contributed by atoms with Crippen molar-refractivity contribution in [3.63, 3.8) is 0 Å². The number of rotatable bonds is 2. The molecule has 0 aromatic carbocycles. The molecule has 102 valence electrons. The van der Waals surface area contributed by atoms with Gasteiger partial charge >= 0.3 is 5.97 Å². The van der Waals surface area contributed by atoms with Crippen molar-refractivity contribution in [2.24, 2.45) is 17.5 Å². The molecular weight excluding hydrogens is 242 g/mol. The maximum Gasteiger partial charge on any atom is 0.363 e. The lowest BCUT2D eigenvalue weighted by atomic mass is 9.97. The Labute approximate surface area is 113 Å². The summed E-state index contributed by atoms with van der Waals surface area (Å²) in [5.41, 5.74) is 1.93. The molecule has 0 radical (unpaired) electrons. The lowest BCUT2D eigenvalue weighted by Gasteiger charge is -2.15. The fraction of sp³-hybridized carbons (Fsp3) is 0.500. The van der Waals surface area contributed by atoms with E-state index in [9.17, 15) is 4.79 Å². The molecule has 1 aliphatic heterocycles. The molecule has 2 heterocycles. The molecule has 0 atom stereocenters. The highest BCUT2D eigenvalue weighted by Gasteiger charge is 2.31. The summed E-state index contributed by atoms with van der Waals surface area (Å²) >= 11 is 0. The first kappa shape index (κ1) is 13.5. The number of aromatic nitrogens is 2. The summed E-state index contributed by atoms with van der Waals surface area (Å²) in [5.74, 6) is 0.0709. The van der Waals surface area contributed by atoms with Crippen LogP contribution in [0.3, 0.4) is 0 Å². The fourth-order valence-corrected chi connectivity index (χ4v) is 1.83. The van der Waals surface area contributed by atoms with Crippen LogP contribution in [0, 0.1) is 5.41 Å². The largest absolute Gasteiger partial charge is 0.406 e. The van der Waals surface area contributed by atoms with Crippen molar-refractivity contribution in [2.75, 3.05) is 0 Å². The standard InChI is InChI=1S/C14H19N3O2/c1-6-10-9(8-17(5)16-10)7-11-12(18)19-13(15-11)14(2,3)4/h7-8H,6H2,1-5H3/b11-7-. The fourth-order valence-electron chi connectivity index (χ4n) is 1.83. The van der Waals surface area contributed by atoms with Crippen molar-refractivity contribution in [1.82, 2.24) is 9.78 Å². The smallest absolute Gasteiger partial charge is 0.363 e. The second-order valence-electron chi connectivity index (χ2n) is 5.64. The number of esters is 1. The van der Waals surface area contributed by atoms with E-state index in [4.69, 9.17) is 4.74 Å². The second kappa shape index (κ2) is 4.64. The number of hydrogen-bond donors (Lipinski definition) is 0. The third-order valence-corrected chi connectivity index (χ3v) is 2.83. The first-order valence-electron chi connectivity index (χ1n) is 6.37. The molecule has 0 N–H and O–H groups in total. The Hall–Kier alpha value is -1.91. The number of carbonyl (C=O) groups is 1. The first-order chi connectivity index (χ1) is 8.81. The van der Waals surface area contributed by atoms with E-state index in [2.05, 4.69) is 10.1 Å². The van der Waals surface area contributed by atoms with Crippen LogP contribution in [0.1, 0.15) is 39.0 Å². The predicted molar refractivity (Wildman–Crippen MR) is 73.5 cm³/mol. The zero-order valence-electron chi connectivity index (χ0n) is 12.0. The Balaban J connectivity index is 2.38. The van der Waals surface area contributed by atoms with Crippen LogP contribution in [0.2, 0.25) is 0 Å². The van der Waals surface area contributed by atoms with Crippen molar-refractivity contribution in [1.29, 1.82) is 0 Å². The van der Waals surface area contributed by atoms with E-state index in [1.54, 1.807) is 10.8 Å². The molecule has 5 nitrogen and oxygen atoms in total. The van der Waals surface area contributed by atoms with E-state index >= 15 is 0 Å². The van der Waals surface area contributed by atoms with E-state index in [1.807, 2.05) is 40.9 Å². The van der Waals surface area contributed by atoms with Gasteiger partial charge in [0.15, 0.2) is 5.70 Å². The van der Waals surface area contributed by atoms with Crippen LogP contribution in [0.5, 0.6) is 0 Å². The molecule has 0 spiro atoms. The van der Waals surface area contributed by atoms with E-state index in [-0.39, 0.29) is 5.41 Å². The number of aryl methyl sites for hydroxylation is 2. The molecule has 1 aromatic heterocycles. The number of carbonyl (C=O) groups excluding carboxylic acids is 1. The Kier molecular flexibility index (Phi) is 3.30. The highest BCUT2D eigenvalue weighted by Crippen LogP contribution is 2.26. The normalized spacial score (nSPS) is 17.8. The number of aliphatic imine (C=N–C) groups is 1. The third-order valence-electron chi connectivity index (χ3n) is 2.83. The van der Waals surface area contributed by atoms with E-state index in [0.29, 0.717) is 11.6 Å². The van der Waals surface area contributed by atoms with Crippen LogP contribution in [-0.2, 0) is 23.0 Å². The second-order valence-corrected chi connectivity index (χ2v) is 5.64. The minimum absolute atomic E-state index is 0.270. The number of cyclic esters (lactones) is 1. The van der Waals surface area contributed by atoms with Crippen molar-refractivity contribution >= 4 is 17.9 Å². The van der Waals surface area contributed by atoms with Gasteiger partial charge in [0.05, 0.1) is 5.69 Å². The van der Waals surface area contributed by atoms with E-state index in [0.717, 1.165) is 17.7 Å². The Bertz CT molecular complexity index is 574. The molecule has 0 bridgehead atoms. The topological polar surface area (TPSA) is 56.5 Å². The summed E-state index contributed by atoms with van der Waals surface area (Å²) in [6, 6.07) is 0. The minimum Gasteiger partial charge on any atom is -0.406 e. The van der Waals surface area contributed by atoms with Gasteiger partial charge in [-0.25, -0.2) is 9.79 Å². The van der Waals surface area contributed by atoms with Crippen LogP contribution in [0.25, 0.3) is 6.08 Å². The molecule has 1 aliphatic rings. The highest BCUT2D eigenvalue weighted by atomic mass is 16.6. The molecule has 0 aliphatic carbocycles. The average Bonchev–Trinajstić information content (AvgIpc) is 2.83. The molecule has 0 amide bonds. The van der Waals surface area contributed by atoms with Crippen LogP contribution < -0.4 is 0 Å². The van der Waals surface area contributed by atoms with Crippen molar-refractivity contribution in [3.05, 3.63) is 23.2 Å². The summed E-state index contributed by atoms with van der Waals surface area (Å²) in [6.07, 6.45) is 4.43. The Morgan fingerprint density at radius 2 is 2.11 bits per heavy atom. The zero-order valence-corrected chi connectivity index (χ0v) is 12.0. The molecule has 0 saturated heterocycles. The highest BCUT2D eigenvalue weighted by molar-refractivity contribution is 6.08. The van der Waals surface area contributed by atoms with Gasteiger partial charge < -0.3 is 4.74 Å². The summed E-state index contributed by atoms with van der Waals surface area (Å²) in [6.45, 7) is 7.91. The molecule has 0 unspecified atom stereocenters. The van der Waals surface area contributed by atoms with Crippen molar-refractivity contribution < 1.29 is 9.53 Å². The molecule has 2 rings (SSSR count). The molecule has 19 heavy (non-hydrogen) atoms. The first-order valence-corrected chi connectivity index (χ1v) is 6.37. The predicted octanol–water partition coefficient (Wildman–Crippen LogP) is 2.32. The average molecular weight is 261 g/mol. The van der Waals surface area contributed by atoms with Gasteiger partial charge in [-0.1, -0.05) is 27.7 Å². The number of ether oxygens (including phenoxy) is 1. The summed E-state index contributed by atoms with van der Waals surface area (Å²) in [7, 11) is 1.86. The SMILES string of the molecule is CCc1nn(C)cc1/C=C1\N=C(C(C)(C)C)OC1=O.